The van der Waals surface area contributed by atoms with Crippen LogP contribution in [0.2, 0.25) is 0 Å². The molecule has 0 aliphatic carbocycles. The van der Waals surface area contributed by atoms with Gasteiger partial charge in [0.25, 0.3) is 10.1 Å². The Morgan fingerprint density at radius 3 is 2.44 bits per heavy atom. The van der Waals surface area contributed by atoms with Gasteiger partial charge in [0.1, 0.15) is 5.56 Å². The molecule has 2 aromatic heterocycles. The maximum absolute atomic E-state index is 14.9. The molecule has 3 heterocycles. The van der Waals surface area contributed by atoms with Crippen molar-refractivity contribution >= 4 is 43.7 Å². The summed E-state index contributed by atoms with van der Waals surface area (Å²) in [4.78, 5) is 30.7. The summed E-state index contributed by atoms with van der Waals surface area (Å²) in [5, 5.41) is 11.4. The second-order valence-electron chi connectivity index (χ2n) is 8.47. The van der Waals surface area contributed by atoms with E-state index in [-0.39, 0.29) is 22.9 Å². The van der Waals surface area contributed by atoms with E-state index in [0.29, 0.717) is 31.5 Å². The predicted molar refractivity (Wildman–Crippen MR) is 134 cm³/mol. The second kappa shape index (κ2) is 9.64. The van der Waals surface area contributed by atoms with E-state index >= 15 is 0 Å². The zero-order valence-corrected chi connectivity index (χ0v) is 19.9. The van der Waals surface area contributed by atoms with Gasteiger partial charge in [-0.15, -0.1) is 0 Å². The Labute approximate surface area is 205 Å². The van der Waals surface area contributed by atoms with E-state index in [1.54, 1.807) is 4.90 Å². The maximum Gasteiger partial charge on any atom is 0.341 e. The number of pyridine rings is 2. The van der Waals surface area contributed by atoms with E-state index in [0.717, 1.165) is 16.8 Å². The van der Waals surface area contributed by atoms with Crippen molar-refractivity contribution in [3.8, 4) is 5.69 Å². The number of hydrogen-bond donors (Lipinski definition) is 3. The third-order valence-electron chi connectivity index (χ3n) is 5.68. The van der Waals surface area contributed by atoms with Crippen LogP contribution < -0.4 is 16.1 Å². The van der Waals surface area contributed by atoms with Crippen molar-refractivity contribution in [2.75, 3.05) is 24.2 Å². The lowest BCUT2D eigenvalue weighted by molar-refractivity contribution is 0.0695. The molecule has 2 aromatic carbocycles. The normalized spacial score (nSPS) is 15.7. The van der Waals surface area contributed by atoms with Crippen LogP contribution in [0, 0.1) is 5.82 Å². The van der Waals surface area contributed by atoms with Crippen LogP contribution in [-0.2, 0) is 10.1 Å². The molecule has 36 heavy (non-hydrogen) atoms. The highest BCUT2D eigenvalue weighted by Gasteiger charge is 2.25. The van der Waals surface area contributed by atoms with Crippen LogP contribution in [-0.4, -0.2) is 59.0 Å². The maximum atomic E-state index is 14.9. The highest BCUT2D eigenvalue weighted by atomic mass is 32.2. The number of rotatable bonds is 3. The van der Waals surface area contributed by atoms with E-state index in [1.807, 2.05) is 42.5 Å². The van der Waals surface area contributed by atoms with Gasteiger partial charge in [-0.2, -0.15) is 8.42 Å². The predicted octanol–water partition coefficient (Wildman–Crippen LogP) is 2.42. The second-order valence-corrected chi connectivity index (χ2v) is 9.94. The first-order valence-corrected chi connectivity index (χ1v) is 12.7. The number of anilines is 1. The molecule has 10 nitrogen and oxygen atoms in total. The highest BCUT2D eigenvalue weighted by molar-refractivity contribution is 7.85. The first kappa shape index (κ1) is 25.2. The van der Waals surface area contributed by atoms with Crippen molar-refractivity contribution in [1.82, 2.24) is 9.55 Å². The van der Waals surface area contributed by atoms with Gasteiger partial charge in [-0.25, -0.2) is 14.2 Å². The van der Waals surface area contributed by atoms with E-state index in [4.69, 9.17) is 10.3 Å². The van der Waals surface area contributed by atoms with Gasteiger partial charge in [0, 0.05) is 31.0 Å². The number of aromatic carboxylic acids is 1. The molecule has 5 rings (SSSR count). The summed E-state index contributed by atoms with van der Waals surface area (Å²) in [5.41, 5.74) is 5.57. The number of halogens is 1. The van der Waals surface area contributed by atoms with Crippen LogP contribution in [0.4, 0.5) is 10.2 Å². The van der Waals surface area contributed by atoms with E-state index in [2.05, 4.69) is 4.98 Å². The minimum Gasteiger partial charge on any atom is -0.477 e. The molecule has 1 aliphatic heterocycles. The monoisotopic (exact) mass is 514 g/mol. The molecule has 1 atom stereocenters. The average molecular weight is 515 g/mol. The fourth-order valence-corrected chi connectivity index (χ4v) is 4.09. The largest absolute Gasteiger partial charge is 0.477 e. The van der Waals surface area contributed by atoms with Crippen molar-refractivity contribution in [2.24, 2.45) is 5.73 Å². The Hall–Kier alpha value is -3.87. The first-order chi connectivity index (χ1) is 16.9. The minimum atomic E-state index is -3.67. The summed E-state index contributed by atoms with van der Waals surface area (Å²) in [7, 11) is -3.67. The summed E-state index contributed by atoms with van der Waals surface area (Å²) < 4.78 is 42.3. The third-order valence-corrected chi connectivity index (χ3v) is 5.68. The number of benzene rings is 2. The number of carboxylic acid groups (broad SMARTS) is 1. The zero-order chi connectivity index (χ0) is 26.2. The van der Waals surface area contributed by atoms with Crippen LogP contribution >= 0.6 is 0 Å². The van der Waals surface area contributed by atoms with E-state index in [9.17, 15) is 27.5 Å². The molecule has 188 valence electrons. The third kappa shape index (κ3) is 5.35. The lowest BCUT2D eigenvalue weighted by atomic mass is 10.1. The Morgan fingerprint density at radius 2 is 1.83 bits per heavy atom. The molecule has 1 aliphatic rings. The smallest absolute Gasteiger partial charge is 0.341 e. The number of nitrogens with two attached hydrogens (primary N) is 1. The van der Waals surface area contributed by atoms with Crippen molar-refractivity contribution in [1.29, 1.82) is 0 Å². The highest BCUT2D eigenvalue weighted by Crippen LogP contribution is 2.27. The van der Waals surface area contributed by atoms with Gasteiger partial charge in [0.05, 0.1) is 11.6 Å². The van der Waals surface area contributed by atoms with Gasteiger partial charge < -0.3 is 20.3 Å². The zero-order valence-electron chi connectivity index (χ0n) is 19.1. The Kier molecular flexibility index (Phi) is 6.76. The number of carboxylic acids is 1. The quantitative estimate of drug-likeness (QED) is 0.349. The van der Waals surface area contributed by atoms with E-state index < -0.39 is 32.9 Å². The number of hydrogen-bond acceptors (Lipinski definition) is 7. The fraction of sp³-hybridized carbons (Fsp3) is 0.208. The molecule has 4 aromatic rings. The molecule has 4 N–H and O–H groups in total. The number of nitrogens with zero attached hydrogens (tertiary/aromatic N) is 3. The molecule has 0 saturated carbocycles. The number of fused-ring (bicyclic) bond motifs is 2. The molecular weight excluding hydrogens is 491 g/mol. The van der Waals surface area contributed by atoms with Crippen molar-refractivity contribution in [3.63, 3.8) is 0 Å². The summed E-state index contributed by atoms with van der Waals surface area (Å²) in [6, 6.07) is 14.3. The van der Waals surface area contributed by atoms with Crippen LogP contribution in [0.5, 0.6) is 0 Å². The SMILES string of the molecule is CS(=O)(=O)O.N[C@H]1CCN(c2nc3c(cc2F)c(=O)c(C(=O)O)cn3-c2ccc3ccccc3c2)C1. The average Bonchev–Trinajstić information content (AvgIpc) is 3.23. The Bertz CT molecular complexity index is 1650. The molecular formula is C24H23FN4O6S. The van der Waals surface area contributed by atoms with Crippen molar-refractivity contribution < 1.29 is 27.3 Å². The molecule has 0 spiro atoms. The lowest BCUT2D eigenvalue weighted by Crippen LogP contribution is -2.28. The summed E-state index contributed by atoms with van der Waals surface area (Å²) in [6.07, 6.45) is 2.68. The molecule has 0 amide bonds. The van der Waals surface area contributed by atoms with Gasteiger partial charge in [-0.05, 0) is 35.4 Å². The summed E-state index contributed by atoms with van der Waals surface area (Å²) in [5.74, 6) is -1.94. The van der Waals surface area contributed by atoms with Crippen molar-refractivity contribution in [2.45, 2.75) is 12.5 Å². The first-order valence-electron chi connectivity index (χ1n) is 10.8. The van der Waals surface area contributed by atoms with E-state index in [1.165, 1.54) is 10.8 Å². The molecule has 0 radical (unpaired) electrons. The van der Waals surface area contributed by atoms with Gasteiger partial charge in [0.2, 0.25) is 5.43 Å². The molecule has 12 heteroatoms. The fourth-order valence-electron chi connectivity index (χ4n) is 4.09. The number of aromatic nitrogens is 2. The Morgan fingerprint density at radius 1 is 1.17 bits per heavy atom. The summed E-state index contributed by atoms with van der Waals surface area (Å²) >= 11 is 0. The van der Waals surface area contributed by atoms with Crippen LogP contribution in [0.3, 0.4) is 0 Å². The van der Waals surface area contributed by atoms with Gasteiger partial charge in [0.15, 0.2) is 17.3 Å². The summed E-state index contributed by atoms with van der Waals surface area (Å²) in [6.45, 7) is 1.02. The van der Waals surface area contributed by atoms with Crippen LogP contribution in [0.15, 0.2) is 59.5 Å². The molecule has 0 bridgehead atoms. The standard InChI is InChI=1S/C23H19FN4O3.CH4O3S/c24-19-10-17-20(29)18(23(30)31)12-28(16-6-5-13-3-1-2-4-14(13)9-16)21(17)26-22(19)27-8-7-15(25)11-27;1-5(2,3)4/h1-6,9-10,12,15H,7-8,11,25H2,(H,30,31);1H3,(H,2,3,4)/t15-;/m0./s1. The van der Waals surface area contributed by atoms with Crippen molar-refractivity contribution in [3.05, 3.63) is 76.3 Å². The molecule has 1 saturated heterocycles. The Balaban J connectivity index is 0.000000556. The van der Waals surface area contributed by atoms with Crippen LogP contribution in [0.1, 0.15) is 16.8 Å². The topological polar surface area (TPSA) is 156 Å². The van der Waals surface area contributed by atoms with Gasteiger partial charge in [-0.1, -0.05) is 30.3 Å². The minimum absolute atomic E-state index is 0.0750. The van der Waals surface area contributed by atoms with Gasteiger partial charge in [-0.3, -0.25) is 9.35 Å². The number of carbonyl (C=O) groups is 1. The van der Waals surface area contributed by atoms with Gasteiger partial charge >= 0.3 is 5.97 Å². The van der Waals surface area contributed by atoms with Crippen LogP contribution in [0.25, 0.3) is 27.5 Å². The molecule has 1 fully saturated rings. The molecule has 0 unspecified atom stereocenters. The lowest BCUT2D eigenvalue weighted by Gasteiger charge is -2.20.